The fourth-order valence-corrected chi connectivity index (χ4v) is 1.21. The number of halogens is 1. The van der Waals surface area contributed by atoms with Gasteiger partial charge in [-0.3, -0.25) is 4.79 Å². The minimum atomic E-state index is -0.678. The van der Waals surface area contributed by atoms with E-state index in [1.807, 2.05) is 0 Å². The molecule has 0 bridgehead atoms. The molecule has 0 unspecified atom stereocenters. The molecule has 76 valence electrons. The van der Waals surface area contributed by atoms with Crippen molar-refractivity contribution in [2.75, 3.05) is 0 Å². The first-order chi connectivity index (χ1) is 7.18. The summed E-state index contributed by atoms with van der Waals surface area (Å²) >= 11 is 0. The molecule has 1 aromatic heterocycles. The largest absolute Gasteiger partial charge is 0.364 e. The van der Waals surface area contributed by atoms with Gasteiger partial charge < -0.3 is 5.73 Å². The van der Waals surface area contributed by atoms with Crippen LogP contribution in [0.25, 0.3) is 11.3 Å². The number of benzene rings is 1. The number of H-pyrrole nitrogens is 1. The second kappa shape index (κ2) is 3.49. The molecule has 0 aliphatic heterocycles. The van der Waals surface area contributed by atoms with Crippen molar-refractivity contribution in [1.29, 1.82) is 0 Å². The molecule has 2 aromatic rings. The molecule has 0 saturated carbocycles. The maximum Gasteiger partial charge on any atom is 0.271 e. The highest BCUT2D eigenvalue weighted by Gasteiger charge is 2.14. The summed E-state index contributed by atoms with van der Waals surface area (Å²) < 4.78 is 12.7. The average Bonchev–Trinajstić information content (AvgIpc) is 2.67. The molecule has 2 rings (SSSR count). The Morgan fingerprint density at radius 3 is 2.53 bits per heavy atom. The first-order valence-corrected chi connectivity index (χ1v) is 4.15. The number of hydrogen-bond donors (Lipinski definition) is 2. The third kappa shape index (κ3) is 1.69. The Balaban J connectivity index is 2.49. The van der Waals surface area contributed by atoms with E-state index in [-0.39, 0.29) is 11.5 Å². The Morgan fingerprint density at radius 1 is 1.27 bits per heavy atom. The van der Waals surface area contributed by atoms with Gasteiger partial charge in [-0.1, -0.05) is 0 Å². The predicted molar refractivity (Wildman–Crippen MR) is 50.3 cm³/mol. The van der Waals surface area contributed by atoms with Crippen LogP contribution < -0.4 is 5.73 Å². The van der Waals surface area contributed by atoms with Gasteiger partial charge in [0.1, 0.15) is 11.5 Å². The standard InChI is InChI=1S/C9H7FN4O/c10-6-3-1-5(2-4-6)7-8(9(11)15)13-14-12-7/h1-4H,(H2,11,15)(H,12,13,14). The minimum Gasteiger partial charge on any atom is -0.364 e. The van der Waals surface area contributed by atoms with E-state index in [1.165, 1.54) is 24.3 Å². The van der Waals surface area contributed by atoms with Crippen LogP contribution in [-0.2, 0) is 0 Å². The van der Waals surface area contributed by atoms with Crippen LogP contribution in [0.4, 0.5) is 4.39 Å². The molecule has 0 fully saturated rings. The molecule has 5 nitrogen and oxygen atoms in total. The average molecular weight is 206 g/mol. The van der Waals surface area contributed by atoms with E-state index in [0.717, 1.165) is 0 Å². The number of carbonyl (C=O) groups excluding carboxylic acids is 1. The van der Waals surface area contributed by atoms with E-state index < -0.39 is 5.91 Å². The number of rotatable bonds is 2. The van der Waals surface area contributed by atoms with Gasteiger partial charge in [-0.25, -0.2) is 4.39 Å². The molecule has 0 atom stereocenters. The lowest BCUT2D eigenvalue weighted by Gasteiger charge is -1.97. The summed E-state index contributed by atoms with van der Waals surface area (Å²) in [5, 5.41) is 9.69. The van der Waals surface area contributed by atoms with Gasteiger partial charge in [-0.15, -0.1) is 0 Å². The van der Waals surface area contributed by atoms with Crippen molar-refractivity contribution in [2.24, 2.45) is 5.73 Å². The van der Waals surface area contributed by atoms with Gasteiger partial charge in [0.15, 0.2) is 5.69 Å². The number of primary amides is 1. The Morgan fingerprint density at radius 2 is 1.93 bits per heavy atom. The number of aromatic amines is 1. The topological polar surface area (TPSA) is 84.7 Å². The SMILES string of the molecule is NC(=O)c1n[nH]nc1-c1ccc(F)cc1. The zero-order valence-electron chi connectivity index (χ0n) is 7.57. The number of carbonyl (C=O) groups is 1. The fourth-order valence-electron chi connectivity index (χ4n) is 1.21. The Hall–Kier alpha value is -2.24. The van der Waals surface area contributed by atoms with E-state index >= 15 is 0 Å². The van der Waals surface area contributed by atoms with Gasteiger partial charge >= 0.3 is 0 Å². The van der Waals surface area contributed by atoms with Gasteiger partial charge in [-0.05, 0) is 24.3 Å². The van der Waals surface area contributed by atoms with Crippen LogP contribution in [-0.4, -0.2) is 21.3 Å². The quantitative estimate of drug-likeness (QED) is 0.758. The summed E-state index contributed by atoms with van der Waals surface area (Å²) in [5.41, 5.74) is 6.04. The van der Waals surface area contributed by atoms with Gasteiger partial charge in [0.05, 0.1) is 0 Å². The molecular formula is C9H7FN4O. The van der Waals surface area contributed by atoms with Crippen molar-refractivity contribution in [3.8, 4) is 11.3 Å². The Bertz CT molecular complexity index is 491. The second-order valence-corrected chi connectivity index (χ2v) is 2.89. The molecule has 6 heteroatoms. The van der Waals surface area contributed by atoms with Crippen molar-refractivity contribution < 1.29 is 9.18 Å². The first-order valence-electron chi connectivity index (χ1n) is 4.15. The molecule has 0 aliphatic rings. The third-order valence-corrected chi connectivity index (χ3v) is 1.90. The summed E-state index contributed by atoms with van der Waals surface area (Å²) in [6, 6.07) is 5.54. The minimum absolute atomic E-state index is 0.0432. The van der Waals surface area contributed by atoms with Crippen LogP contribution in [0.5, 0.6) is 0 Å². The highest BCUT2D eigenvalue weighted by atomic mass is 19.1. The van der Waals surface area contributed by atoms with Crippen LogP contribution in [0.15, 0.2) is 24.3 Å². The Labute approximate surface area is 84.1 Å². The number of hydrogen-bond acceptors (Lipinski definition) is 3. The van der Waals surface area contributed by atoms with E-state index in [1.54, 1.807) is 0 Å². The fraction of sp³-hybridized carbons (Fsp3) is 0. The molecule has 15 heavy (non-hydrogen) atoms. The number of aromatic nitrogens is 3. The maximum absolute atomic E-state index is 12.7. The highest BCUT2D eigenvalue weighted by molar-refractivity contribution is 5.96. The summed E-state index contributed by atoms with van der Waals surface area (Å²) in [5.74, 6) is -1.04. The van der Waals surface area contributed by atoms with E-state index in [0.29, 0.717) is 11.3 Å². The number of nitrogens with two attached hydrogens (primary N) is 1. The number of amides is 1. The van der Waals surface area contributed by atoms with Gasteiger partial charge in [0.25, 0.3) is 5.91 Å². The molecule has 1 aromatic carbocycles. The lowest BCUT2D eigenvalue weighted by molar-refractivity contribution is 0.0996. The summed E-state index contributed by atoms with van der Waals surface area (Å²) in [6.07, 6.45) is 0. The molecule has 1 amide bonds. The van der Waals surface area contributed by atoms with E-state index in [4.69, 9.17) is 5.73 Å². The van der Waals surface area contributed by atoms with Crippen molar-refractivity contribution >= 4 is 5.91 Å². The van der Waals surface area contributed by atoms with Crippen LogP contribution in [0.3, 0.4) is 0 Å². The molecule has 3 N–H and O–H groups in total. The monoisotopic (exact) mass is 206 g/mol. The zero-order chi connectivity index (χ0) is 10.8. The van der Waals surface area contributed by atoms with Crippen LogP contribution >= 0.6 is 0 Å². The normalized spacial score (nSPS) is 10.2. The number of nitrogens with zero attached hydrogens (tertiary/aromatic N) is 2. The van der Waals surface area contributed by atoms with Crippen molar-refractivity contribution in [3.05, 3.63) is 35.8 Å². The maximum atomic E-state index is 12.7. The lowest BCUT2D eigenvalue weighted by atomic mass is 10.1. The molecule has 0 spiro atoms. The lowest BCUT2D eigenvalue weighted by Crippen LogP contribution is -2.12. The van der Waals surface area contributed by atoms with E-state index in [9.17, 15) is 9.18 Å². The smallest absolute Gasteiger partial charge is 0.271 e. The first kappa shape index (κ1) is 9.32. The molecule has 0 saturated heterocycles. The molecule has 0 aliphatic carbocycles. The van der Waals surface area contributed by atoms with Crippen LogP contribution in [0.2, 0.25) is 0 Å². The van der Waals surface area contributed by atoms with Crippen molar-refractivity contribution in [1.82, 2.24) is 15.4 Å². The highest BCUT2D eigenvalue weighted by Crippen LogP contribution is 2.19. The summed E-state index contributed by atoms with van der Waals surface area (Å²) in [7, 11) is 0. The van der Waals surface area contributed by atoms with Gasteiger partial charge in [-0.2, -0.15) is 15.4 Å². The molecule has 1 heterocycles. The van der Waals surface area contributed by atoms with Crippen LogP contribution in [0, 0.1) is 5.82 Å². The third-order valence-electron chi connectivity index (χ3n) is 1.90. The van der Waals surface area contributed by atoms with Crippen molar-refractivity contribution in [3.63, 3.8) is 0 Å². The summed E-state index contributed by atoms with van der Waals surface area (Å²) in [4.78, 5) is 10.9. The van der Waals surface area contributed by atoms with Gasteiger partial charge in [0.2, 0.25) is 0 Å². The Kier molecular flexibility index (Phi) is 2.17. The van der Waals surface area contributed by atoms with Crippen LogP contribution in [0.1, 0.15) is 10.5 Å². The second-order valence-electron chi connectivity index (χ2n) is 2.89. The zero-order valence-corrected chi connectivity index (χ0v) is 7.57. The predicted octanol–water partition coefficient (Wildman–Crippen LogP) is 0.710. The van der Waals surface area contributed by atoms with Crippen molar-refractivity contribution in [2.45, 2.75) is 0 Å². The summed E-state index contributed by atoms with van der Waals surface area (Å²) in [6.45, 7) is 0. The number of nitrogens with one attached hydrogen (secondary N) is 1. The van der Waals surface area contributed by atoms with Gasteiger partial charge in [0, 0.05) is 5.56 Å². The molecular weight excluding hydrogens is 199 g/mol. The molecule has 0 radical (unpaired) electrons. The van der Waals surface area contributed by atoms with E-state index in [2.05, 4.69) is 15.4 Å².